The third kappa shape index (κ3) is 4.40. The molecule has 3 heterocycles. The van der Waals surface area contributed by atoms with E-state index in [1.165, 1.54) is 23.7 Å². The van der Waals surface area contributed by atoms with E-state index in [1.54, 1.807) is 6.07 Å². The second-order valence-corrected chi connectivity index (χ2v) is 9.83. The number of ketones is 1. The van der Waals surface area contributed by atoms with Gasteiger partial charge in [-0.3, -0.25) is 14.4 Å². The number of amides is 2. The van der Waals surface area contributed by atoms with Crippen molar-refractivity contribution >= 4 is 28.9 Å². The lowest BCUT2D eigenvalue weighted by molar-refractivity contribution is -0.604. The van der Waals surface area contributed by atoms with E-state index >= 15 is 0 Å². The van der Waals surface area contributed by atoms with Crippen LogP contribution in [-0.4, -0.2) is 41.9 Å². The van der Waals surface area contributed by atoms with Crippen molar-refractivity contribution in [1.29, 1.82) is 0 Å². The van der Waals surface area contributed by atoms with Crippen LogP contribution in [0.4, 0.5) is 0 Å². The monoisotopic (exact) mass is 457 g/mol. The van der Waals surface area contributed by atoms with Gasteiger partial charge in [-0.05, 0) is 49.1 Å². The fourth-order valence-corrected chi connectivity index (χ4v) is 5.25. The zero-order chi connectivity index (χ0) is 22.9. The van der Waals surface area contributed by atoms with Crippen molar-refractivity contribution in [2.45, 2.75) is 57.2 Å². The first-order valence-corrected chi connectivity index (χ1v) is 11.7. The molecule has 9 heteroatoms. The molecule has 0 spiro atoms. The molecule has 2 N–H and O–H groups in total. The number of hydrogen-bond donors (Lipinski definition) is 2. The SMILES string of the molecule is CC(C)CC(NC(=O)c1cc(-c2cccs2)c[n+]([O-])c1)C(=O)NC12CCCC1OCC2=O. The van der Waals surface area contributed by atoms with E-state index in [1.807, 2.05) is 31.4 Å². The Kier molecular flexibility index (Phi) is 6.30. The summed E-state index contributed by atoms with van der Waals surface area (Å²) in [5.41, 5.74) is -0.188. The van der Waals surface area contributed by atoms with E-state index < -0.39 is 23.4 Å². The first-order valence-electron chi connectivity index (χ1n) is 10.8. The van der Waals surface area contributed by atoms with E-state index in [9.17, 15) is 19.6 Å². The number of rotatable bonds is 7. The summed E-state index contributed by atoms with van der Waals surface area (Å²) in [5.74, 6) is -0.898. The van der Waals surface area contributed by atoms with Crippen LogP contribution in [0.5, 0.6) is 0 Å². The molecule has 1 aliphatic heterocycles. The van der Waals surface area contributed by atoms with Gasteiger partial charge in [-0.25, -0.2) is 0 Å². The minimum absolute atomic E-state index is 0.00512. The van der Waals surface area contributed by atoms with E-state index in [2.05, 4.69) is 10.6 Å². The van der Waals surface area contributed by atoms with Crippen molar-refractivity contribution in [3.8, 4) is 10.4 Å². The van der Waals surface area contributed by atoms with Crippen molar-refractivity contribution in [2.24, 2.45) is 5.92 Å². The fraction of sp³-hybridized carbons (Fsp3) is 0.478. The molecule has 1 saturated heterocycles. The van der Waals surface area contributed by atoms with Crippen molar-refractivity contribution < 1.29 is 23.9 Å². The number of nitrogens with zero attached hydrogens (tertiary/aromatic N) is 1. The summed E-state index contributed by atoms with van der Waals surface area (Å²) >= 11 is 1.47. The highest BCUT2D eigenvalue weighted by molar-refractivity contribution is 7.13. The third-order valence-corrected chi connectivity index (χ3v) is 7.01. The molecule has 0 aromatic carbocycles. The average molecular weight is 458 g/mol. The summed E-state index contributed by atoms with van der Waals surface area (Å²) < 4.78 is 6.17. The molecule has 3 unspecified atom stereocenters. The largest absolute Gasteiger partial charge is 0.619 e. The lowest BCUT2D eigenvalue weighted by Gasteiger charge is -2.30. The molecule has 2 aliphatic rings. The summed E-state index contributed by atoms with van der Waals surface area (Å²) in [4.78, 5) is 39.6. The Morgan fingerprint density at radius 3 is 2.91 bits per heavy atom. The summed E-state index contributed by atoms with van der Waals surface area (Å²) in [6, 6.07) is 4.54. The molecule has 0 radical (unpaired) electrons. The van der Waals surface area contributed by atoms with Crippen LogP contribution in [0.15, 0.2) is 36.0 Å². The fourth-order valence-electron chi connectivity index (χ4n) is 4.54. The van der Waals surface area contributed by atoms with Crippen LogP contribution in [0.2, 0.25) is 0 Å². The second kappa shape index (κ2) is 8.99. The minimum Gasteiger partial charge on any atom is -0.619 e. The molecule has 1 saturated carbocycles. The first kappa shape index (κ1) is 22.4. The van der Waals surface area contributed by atoms with Gasteiger partial charge in [0, 0.05) is 4.88 Å². The quantitative estimate of drug-likeness (QED) is 0.489. The Morgan fingerprint density at radius 1 is 1.38 bits per heavy atom. The first-order chi connectivity index (χ1) is 15.3. The van der Waals surface area contributed by atoms with Crippen molar-refractivity contribution in [2.75, 3.05) is 6.61 Å². The number of carbonyl (C=O) groups is 3. The molecule has 1 aliphatic carbocycles. The van der Waals surface area contributed by atoms with Gasteiger partial charge in [0.05, 0.1) is 11.7 Å². The maximum Gasteiger partial charge on any atom is 0.258 e. The maximum absolute atomic E-state index is 13.2. The summed E-state index contributed by atoms with van der Waals surface area (Å²) in [5, 5.41) is 19.7. The molecule has 8 nitrogen and oxygen atoms in total. The molecule has 32 heavy (non-hydrogen) atoms. The van der Waals surface area contributed by atoms with E-state index in [0.717, 1.165) is 17.7 Å². The molecule has 0 bridgehead atoms. The number of ether oxygens (including phenoxy) is 1. The summed E-state index contributed by atoms with van der Waals surface area (Å²) in [7, 11) is 0. The highest BCUT2D eigenvalue weighted by atomic mass is 32.1. The molecule has 4 rings (SSSR count). The highest BCUT2D eigenvalue weighted by Crippen LogP contribution is 2.38. The molecular formula is C23H27N3O5S. The van der Waals surface area contributed by atoms with E-state index in [4.69, 9.17) is 4.74 Å². The zero-order valence-corrected chi connectivity index (χ0v) is 18.9. The predicted octanol–water partition coefficient (Wildman–Crippen LogP) is 2.20. The number of thiophene rings is 1. The van der Waals surface area contributed by atoms with Gasteiger partial charge in [0.2, 0.25) is 5.91 Å². The van der Waals surface area contributed by atoms with Crippen LogP contribution in [0.3, 0.4) is 0 Å². The number of aromatic nitrogens is 1. The highest BCUT2D eigenvalue weighted by Gasteiger charge is 2.55. The standard InChI is InChI=1S/C23H27N3O5S/c1-14(2)9-17(22(29)25-23-7-3-6-20(23)31-13-19(23)27)24-21(28)16-10-15(11-26(30)12-16)18-5-4-8-32-18/h4-5,8,10-12,14,17,20H,3,6-7,9,13H2,1-2H3,(H,24,28)(H,25,29). The van der Waals surface area contributed by atoms with Gasteiger partial charge in [-0.1, -0.05) is 19.9 Å². The lowest BCUT2D eigenvalue weighted by Crippen LogP contribution is -2.60. The predicted molar refractivity (Wildman–Crippen MR) is 119 cm³/mol. The third-order valence-electron chi connectivity index (χ3n) is 6.09. The second-order valence-electron chi connectivity index (χ2n) is 8.88. The van der Waals surface area contributed by atoms with Crippen molar-refractivity contribution in [3.05, 3.63) is 46.7 Å². The number of fused-ring (bicyclic) bond motifs is 1. The van der Waals surface area contributed by atoms with Crippen LogP contribution in [0.1, 0.15) is 49.9 Å². The van der Waals surface area contributed by atoms with Gasteiger partial charge < -0.3 is 20.6 Å². The molecule has 170 valence electrons. The number of carbonyl (C=O) groups excluding carboxylic acids is 3. The normalized spacial score (nSPS) is 23.2. The molecule has 3 atom stereocenters. The van der Waals surface area contributed by atoms with Gasteiger partial charge in [-0.15, -0.1) is 11.3 Å². The molecule has 2 amide bonds. The van der Waals surface area contributed by atoms with Crippen LogP contribution in [0, 0.1) is 11.1 Å². The van der Waals surface area contributed by atoms with E-state index in [-0.39, 0.29) is 30.0 Å². The van der Waals surface area contributed by atoms with Crippen LogP contribution >= 0.6 is 11.3 Å². The van der Waals surface area contributed by atoms with Crippen molar-refractivity contribution in [3.63, 3.8) is 0 Å². The number of Topliss-reactive ketones (excluding diaryl/α,β-unsaturated/α-hetero) is 1. The minimum atomic E-state index is -0.992. The van der Waals surface area contributed by atoms with Gasteiger partial charge in [0.1, 0.15) is 23.8 Å². The van der Waals surface area contributed by atoms with Gasteiger partial charge in [0.25, 0.3) is 5.91 Å². The summed E-state index contributed by atoms with van der Waals surface area (Å²) in [6.45, 7) is 3.91. The molecule has 2 aromatic rings. The van der Waals surface area contributed by atoms with Crippen molar-refractivity contribution in [1.82, 2.24) is 10.6 Å². The van der Waals surface area contributed by atoms with Crippen LogP contribution < -0.4 is 15.4 Å². The Balaban J connectivity index is 1.53. The summed E-state index contributed by atoms with van der Waals surface area (Å²) in [6.07, 6.45) is 4.77. The number of hydrogen-bond acceptors (Lipinski definition) is 6. The number of pyridine rings is 1. The van der Waals surface area contributed by atoms with Gasteiger partial charge in [-0.2, -0.15) is 4.73 Å². The smallest absolute Gasteiger partial charge is 0.258 e. The van der Waals surface area contributed by atoms with Crippen LogP contribution in [-0.2, 0) is 14.3 Å². The van der Waals surface area contributed by atoms with Gasteiger partial charge >= 0.3 is 0 Å². The molecule has 2 aromatic heterocycles. The molecular weight excluding hydrogens is 430 g/mol. The average Bonchev–Trinajstić information content (AvgIpc) is 3.46. The molecule has 2 fully saturated rings. The Morgan fingerprint density at radius 2 is 2.19 bits per heavy atom. The van der Waals surface area contributed by atoms with E-state index in [0.29, 0.717) is 23.1 Å². The Bertz CT molecular complexity index is 1020. The lowest BCUT2D eigenvalue weighted by atomic mass is 9.91. The van der Waals surface area contributed by atoms with Crippen LogP contribution in [0.25, 0.3) is 10.4 Å². The number of nitrogens with one attached hydrogen (secondary N) is 2. The maximum atomic E-state index is 13.2. The Hall–Kier alpha value is -2.78. The topological polar surface area (TPSA) is 111 Å². The van der Waals surface area contributed by atoms with Gasteiger partial charge in [0.15, 0.2) is 18.2 Å². The zero-order valence-electron chi connectivity index (χ0n) is 18.1. The Labute approximate surface area is 190 Å².